The van der Waals surface area contributed by atoms with Crippen molar-refractivity contribution in [1.29, 1.82) is 0 Å². The van der Waals surface area contributed by atoms with E-state index in [-0.39, 0.29) is 25.1 Å². The Labute approximate surface area is 150 Å². The topological polar surface area (TPSA) is 63.4 Å². The van der Waals surface area contributed by atoms with E-state index >= 15 is 0 Å². The van der Waals surface area contributed by atoms with Crippen LogP contribution in [0.3, 0.4) is 0 Å². The Kier molecular flexibility index (Phi) is 6.50. The molecular weight excluding hydrogens is 363 g/mol. The average Bonchev–Trinajstić information content (AvgIpc) is 2.98. The lowest BCUT2D eigenvalue weighted by atomic mass is 10.2. The molecule has 23 heavy (non-hydrogen) atoms. The predicted octanol–water partition coefficient (Wildman–Crippen LogP) is 2.95. The van der Waals surface area contributed by atoms with Gasteiger partial charge in [0.05, 0.1) is 16.1 Å². The molecule has 0 saturated carbocycles. The summed E-state index contributed by atoms with van der Waals surface area (Å²) in [6, 6.07) is 5.20. The van der Waals surface area contributed by atoms with Crippen molar-refractivity contribution in [2.24, 2.45) is 0 Å². The number of hydrogen-bond donors (Lipinski definition) is 1. The maximum absolute atomic E-state index is 5.94. The molecule has 1 aliphatic rings. The number of nitrogens with one attached hydrogen (secondary N) is 1. The monoisotopic (exact) mass is 378 g/mol. The molecular formula is C14H17Cl3N4O2. The van der Waals surface area contributed by atoms with Crippen LogP contribution >= 0.6 is 35.6 Å². The molecule has 1 aromatic carbocycles. The number of piperazine rings is 1. The number of hydrogen-bond acceptors (Lipinski definition) is 6. The van der Waals surface area contributed by atoms with Crippen molar-refractivity contribution in [1.82, 2.24) is 20.4 Å². The normalized spacial score (nSPS) is 18.5. The summed E-state index contributed by atoms with van der Waals surface area (Å²) in [5, 5.41) is 8.29. The maximum atomic E-state index is 5.94. The molecule has 2 aromatic rings. The second-order valence-electron chi connectivity index (χ2n) is 5.11. The molecule has 0 radical (unpaired) electrons. The van der Waals surface area contributed by atoms with E-state index in [1.807, 2.05) is 7.05 Å². The van der Waals surface area contributed by atoms with Crippen LogP contribution in [0.25, 0.3) is 0 Å². The van der Waals surface area contributed by atoms with Crippen molar-refractivity contribution < 1.29 is 9.26 Å². The van der Waals surface area contributed by atoms with Crippen LogP contribution in [0.2, 0.25) is 10.0 Å². The molecule has 0 aliphatic carbocycles. The van der Waals surface area contributed by atoms with Crippen molar-refractivity contribution in [3.05, 3.63) is 40.0 Å². The highest BCUT2D eigenvalue weighted by Crippen LogP contribution is 2.26. The molecule has 1 N–H and O–H groups in total. The van der Waals surface area contributed by atoms with E-state index in [4.69, 9.17) is 32.5 Å². The third-order valence-electron chi connectivity index (χ3n) is 3.55. The molecule has 2 heterocycles. The van der Waals surface area contributed by atoms with E-state index in [9.17, 15) is 0 Å². The van der Waals surface area contributed by atoms with Gasteiger partial charge in [-0.05, 0) is 19.2 Å². The van der Waals surface area contributed by atoms with Crippen LogP contribution < -0.4 is 10.1 Å². The average molecular weight is 380 g/mol. The summed E-state index contributed by atoms with van der Waals surface area (Å²) in [6.07, 6.45) is 0. The predicted molar refractivity (Wildman–Crippen MR) is 90.6 cm³/mol. The summed E-state index contributed by atoms with van der Waals surface area (Å²) in [6.45, 7) is 2.92. The standard InChI is InChI=1S/C14H16Cl2N4O2.ClH/c1-20-5-4-17-7-12(20)14-18-13(22-19-14)8-21-9-2-3-10(15)11(16)6-9;/h2-3,6,12,17H,4-5,7-8H2,1H3;1H. The van der Waals surface area contributed by atoms with Gasteiger partial charge in [0.2, 0.25) is 0 Å². The Morgan fingerprint density at radius 3 is 2.96 bits per heavy atom. The number of benzene rings is 1. The number of aromatic nitrogens is 2. The van der Waals surface area contributed by atoms with Crippen LogP contribution in [0.1, 0.15) is 17.8 Å². The second kappa shape index (κ2) is 8.17. The molecule has 9 heteroatoms. The first-order chi connectivity index (χ1) is 10.6. The summed E-state index contributed by atoms with van der Waals surface area (Å²) in [7, 11) is 2.05. The van der Waals surface area contributed by atoms with E-state index in [2.05, 4.69) is 20.4 Å². The number of halogens is 3. The SMILES string of the molecule is CN1CCNCC1c1noc(COc2ccc(Cl)c(Cl)c2)n1.Cl. The Balaban J connectivity index is 0.00000192. The van der Waals surface area contributed by atoms with Crippen LogP contribution in [0.5, 0.6) is 5.75 Å². The van der Waals surface area contributed by atoms with Crippen molar-refractivity contribution in [2.45, 2.75) is 12.6 Å². The third-order valence-corrected chi connectivity index (χ3v) is 4.29. The largest absolute Gasteiger partial charge is 0.484 e. The number of ether oxygens (including phenoxy) is 1. The van der Waals surface area contributed by atoms with Gasteiger partial charge in [-0.1, -0.05) is 28.4 Å². The molecule has 3 rings (SSSR count). The van der Waals surface area contributed by atoms with Gasteiger partial charge in [0.1, 0.15) is 5.75 Å². The molecule has 1 atom stereocenters. The molecule has 0 bridgehead atoms. The van der Waals surface area contributed by atoms with Crippen LogP contribution in [0.15, 0.2) is 22.7 Å². The zero-order valence-electron chi connectivity index (χ0n) is 12.5. The molecule has 1 aliphatic heterocycles. The molecule has 1 fully saturated rings. The second-order valence-corrected chi connectivity index (χ2v) is 5.93. The fourth-order valence-corrected chi connectivity index (χ4v) is 2.56. The van der Waals surface area contributed by atoms with E-state index in [1.54, 1.807) is 18.2 Å². The van der Waals surface area contributed by atoms with Gasteiger partial charge in [-0.3, -0.25) is 4.90 Å². The molecule has 1 unspecified atom stereocenters. The summed E-state index contributed by atoms with van der Waals surface area (Å²) in [5.41, 5.74) is 0. The fourth-order valence-electron chi connectivity index (χ4n) is 2.27. The lowest BCUT2D eigenvalue weighted by molar-refractivity contribution is 0.189. The van der Waals surface area contributed by atoms with Crippen molar-refractivity contribution in [3.63, 3.8) is 0 Å². The molecule has 126 valence electrons. The van der Waals surface area contributed by atoms with Crippen LogP contribution in [-0.2, 0) is 6.61 Å². The molecule has 1 aromatic heterocycles. The summed E-state index contributed by atoms with van der Waals surface area (Å²) < 4.78 is 10.8. The first-order valence-electron chi connectivity index (χ1n) is 6.95. The summed E-state index contributed by atoms with van der Waals surface area (Å²) in [5.74, 6) is 1.70. The molecule has 0 spiro atoms. The van der Waals surface area contributed by atoms with Gasteiger partial charge >= 0.3 is 0 Å². The van der Waals surface area contributed by atoms with E-state index in [1.165, 1.54) is 0 Å². The lowest BCUT2D eigenvalue weighted by Crippen LogP contribution is -2.44. The van der Waals surface area contributed by atoms with E-state index < -0.39 is 0 Å². The molecule has 0 amide bonds. The van der Waals surface area contributed by atoms with Crippen molar-refractivity contribution >= 4 is 35.6 Å². The van der Waals surface area contributed by atoms with Gasteiger partial charge in [-0.25, -0.2) is 0 Å². The number of likely N-dealkylation sites (N-methyl/N-ethyl adjacent to an activating group) is 1. The third kappa shape index (κ3) is 4.49. The molecule has 1 saturated heterocycles. The maximum Gasteiger partial charge on any atom is 0.264 e. The molecule has 6 nitrogen and oxygen atoms in total. The van der Waals surface area contributed by atoms with Gasteiger partial charge in [-0.2, -0.15) is 4.98 Å². The zero-order chi connectivity index (χ0) is 15.5. The van der Waals surface area contributed by atoms with Gasteiger partial charge in [0.25, 0.3) is 5.89 Å². The minimum atomic E-state index is 0. The number of nitrogens with zero attached hydrogens (tertiary/aromatic N) is 3. The van der Waals surface area contributed by atoms with Gasteiger partial charge in [0, 0.05) is 25.7 Å². The van der Waals surface area contributed by atoms with Crippen LogP contribution in [0, 0.1) is 0 Å². The first-order valence-corrected chi connectivity index (χ1v) is 7.70. The van der Waals surface area contributed by atoms with Crippen molar-refractivity contribution in [2.75, 3.05) is 26.7 Å². The minimum absolute atomic E-state index is 0. The smallest absolute Gasteiger partial charge is 0.264 e. The highest BCUT2D eigenvalue weighted by atomic mass is 35.5. The zero-order valence-corrected chi connectivity index (χ0v) is 14.8. The Morgan fingerprint density at radius 2 is 2.22 bits per heavy atom. The van der Waals surface area contributed by atoms with E-state index in [0.29, 0.717) is 27.5 Å². The highest BCUT2D eigenvalue weighted by molar-refractivity contribution is 6.42. The minimum Gasteiger partial charge on any atom is -0.484 e. The van der Waals surface area contributed by atoms with Gasteiger partial charge < -0.3 is 14.6 Å². The lowest BCUT2D eigenvalue weighted by Gasteiger charge is -2.30. The highest BCUT2D eigenvalue weighted by Gasteiger charge is 2.25. The van der Waals surface area contributed by atoms with Crippen LogP contribution in [0.4, 0.5) is 0 Å². The summed E-state index contributed by atoms with van der Waals surface area (Å²) >= 11 is 11.8. The summed E-state index contributed by atoms with van der Waals surface area (Å²) in [4.78, 5) is 6.60. The van der Waals surface area contributed by atoms with Crippen molar-refractivity contribution in [3.8, 4) is 5.75 Å². The first kappa shape index (κ1) is 18.3. The van der Waals surface area contributed by atoms with Gasteiger partial charge in [0.15, 0.2) is 12.4 Å². The van der Waals surface area contributed by atoms with E-state index in [0.717, 1.165) is 19.6 Å². The van der Waals surface area contributed by atoms with Crippen LogP contribution in [-0.4, -0.2) is 41.7 Å². The Bertz CT molecular complexity index is 653. The Morgan fingerprint density at radius 1 is 1.39 bits per heavy atom. The Hall–Kier alpha value is -1.05. The number of rotatable bonds is 4. The fraction of sp³-hybridized carbons (Fsp3) is 0.429. The quantitative estimate of drug-likeness (QED) is 0.881. The van der Waals surface area contributed by atoms with Gasteiger partial charge in [-0.15, -0.1) is 12.4 Å².